The van der Waals surface area contributed by atoms with Crippen LogP contribution in [0.2, 0.25) is 0 Å². The van der Waals surface area contributed by atoms with Crippen molar-refractivity contribution >= 4 is 6.08 Å². The van der Waals surface area contributed by atoms with E-state index in [1.54, 1.807) is 6.07 Å². The highest BCUT2D eigenvalue weighted by Gasteiger charge is 2.28. The molecule has 136 valence electrons. The van der Waals surface area contributed by atoms with Crippen molar-refractivity contribution in [1.29, 1.82) is 0 Å². The molecule has 0 aromatic heterocycles. The van der Waals surface area contributed by atoms with E-state index in [1.165, 1.54) is 5.57 Å². The van der Waals surface area contributed by atoms with Gasteiger partial charge in [0.2, 0.25) is 0 Å². The van der Waals surface area contributed by atoms with Gasteiger partial charge in [0.05, 0.1) is 11.7 Å². The Labute approximate surface area is 151 Å². The van der Waals surface area contributed by atoms with Crippen molar-refractivity contribution in [3.05, 3.63) is 53.1 Å². The van der Waals surface area contributed by atoms with E-state index in [4.69, 9.17) is 4.74 Å². The summed E-state index contributed by atoms with van der Waals surface area (Å²) >= 11 is 0. The van der Waals surface area contributed by atoms with Crippen LogP contribution in [-0.4, -0.2) is 21.9 Å². The van der Waals surface area contributed by atoms with Crippen LogP contribution in [0.25, 0.3) is 6.08 Å². The van der Waals surface area contributed by atoms with Crippen molar-refractivity contribution < 1.29 is 14.9 Å². The second-order valence-corrected chi connectivity index (χ2v) is 7.43. The van der Waals surface area contributed by atoms with Gasteiger partial charge in [-0.25, -0.2) is 0 Å². The Balaban J connectivity index is 1.93. The van der Waals surface area contributed by atoms with E-state index in [2.05, 4.69) is 26.5 Å². The third-order valence-electron chi connectivity index (χ3n) is 4.72. The zero-order chi connectivity index (χ0) is 18.6. The normalized spacial score (nSPS) is 20.8. The SMILES string of the molecule is C=C(C)C(O)CC/C(C)=C/CCC1(C)C=Cc2c(O)cc(C)cc2O1. The number of phenols is 1. The van der Waals surface area contributed by atoms with Crippen molar-refractivity contribution in [2.45, 2.75) is 65.1 Å². The summed E-state index contributed by atoms with van der Waals surface area (Å²) in [6.07, 6.45) is 9.14. The van der Waals surface area contributed by atoms with E-state index < -0.39 is 6.10 Å². The molecule has 2 rings (SSSR count). The number of hydrogen-bond acceptors (Lipinski definition) is 3. The number of aliphatic hydroxyl groups is 1. The molecule has 1 aromatic carbocycles. The lowest BCUT2D eigenvalue weighted by molar-refractivity contribution is 0.128. The van der Waals surface area contributed by atoms with Crippen molar-refractivity contribution in [3.63, 3.8) is 0 Å². The predicted molar refractivity (Wildman–Crippen MR) is 104 cm³/mol. The molecule has 2 unspecified atom stereocenters. The third-order valence-corrected chi connectivity index (χ3v) is 4.72. The van der Waals surface area contributed by atoms with Crippen LogP contribution in [0.3, 0.4) is 0 Å². The summed E-state index contributed by atoms with van der Waals surface area (Å²) in [7, 11) is 0. The molecule has 0 bridgehead atoms. The lowest BCUT2D eigenvalue weighted by atomic mass is 9.93. The summed E-state index contributed by atoms with van der Waals surface area (Å²) in [6.45, 7) is 11.8. The number of benzene rings is 1. The molecule has 0 saturated carbocycles. The van der Waals surface area contributed by atoms with Crippen molar-refractivity contribution in [3.8, 4) is 11.5 Å². The van der Waals surface area contributed by atoms with Crippen LogP contribution >= 0.6 is 0 Å². The molecule has 2 N–H and O–H groups in total. The van der Waals surface area contributed by atoms with Crippen molar-refractivity contribution in [2.75, 3.05) is 0 Å². The summed E-state index contributed by atoms with van der Waals surface area (Å²) in [4.78, 5) is 0. The van der Waals surface area contributed by atoms with Crippen LogP contribution in [0, 0.1) is 6.92 Å². The topological polar surface area (TPSA) is 49.7 Å². The molecule has 2 atom stereocenters. The molecule has 1 aliphatic rings. The molecule has 1 aromatic rings. The molecular formula is C22H30O3. The fraction of sp³-hybridized carbons (Fsp3) is 0.455. The molecule has 0 spiro atoms. The van der Waals surface area contributed by atoms with Gasteiger partial charge in [0, 0.05) is 0 Å². The zero-order valence-electron chi connectivity index (χ0n) is 15.8. The van der Waals surface area contributed by atoms with Crippen LogP contribution in [0.1, 0.15) is 57.6 Å². The van der Waals surface area contributed by atoms with E-state index in [0.717, 1.165) is 48.1 Å². The lowest BCUT2D eigenvalue weighted by Crippen LogP contribution is -2.31. The number of aliphatic hydroxyl groups excluding tert-OH is 1. The number of aryl methyl sites for hydroxylation is 1. The van der Waals surface area contributed by atoms with Crippen LogP contribution in [0.5, 0.6) is 11.5 Å². The monoisotopic (exact) mass is 342 g/mol. The average molecular weight is 342 g/mol. The summed E-state index contributed by atoms with van der Waals surface area (Å²) in [6, 6.07) is 3.72. The summed E-state index contributed by atoms with van der Waals surface area (Å²) < 4.78 is 6.16. The fourth-order valence-electron chi connectivity index (χ4n) is 2.99. The van der Waals surface area contributed by atoms with Crippen molar-refractivity contribution in [1.82, 2.24) is 0 Å². The van der Waals surface area contributed by atoms with Crippen LogP contribution in [-0.2, 0) is 0 Å². The van der Waals surface area contributed by atoms with Gasteiger partial charge >= 0.3 is 0 Å². The number of hydrogen-bond donors (Lipinski definition) is 2. The Hall–Kier alpha value is -2.00. The van der Waals surface area contributed by atoms with E-state index in [9.17, 15) is 10.2 Å². The number of fused-ring (bicyclic) bond motifs is 1. The quantitative estimate of drug-likeness (QED) is 0.660. The van der Waals surface area contributed by atoms with E-state index in [0.29, 0.717) is 0 Å². The third kappa shape index (κ3) is 5.23. The molecule has 0 radical (unpaired) electrons. The van der Waals surface area contributed by atoms with E-state index in [-0.39, 0.29) is 11.4 Å². The maximum atomic E-state index is 10.0. The van der Waals surface area contributed by atoms with Crippen LogP contribution in [0.4, 0.5) is 0 Å². The van der Waals surface area contributed by atoms with Gasteiger partial charge in [0.15, 0.2) is 0 Å². The van der Waals surface area contributed by atoms with Gasteiger partial charge in [0.25, 0.3) is 0 Å². The maximum Gasteiger partial charge on any atom is 0.131 e. The minimum atomic E-state index is -0.419. The Morgan fingerprint density at radius 2 is 2.08 bits per heavy atom. The van der Waals surface area contributed by atoms with Gasteiger partial charge in [-0.15, -0.1) is 0 Å². The van der Waals surface area contributed by atoms with Gasteiger partial charge in [0.1, 0.15) is 17.1 Å². The van der Waals surface area contributed by atoms with E-state index >= 15 is 0 Å². The highest BCUT2D eigenvalue weighted by molar-refractivity contribution is 5.67. The number of allylic oxidation sites excluding steroid dienone is 2. The van der Waals surface area contributed by atoms with E-state index in [1.807, 2.05) is 32.1 Å². The van der Waals surface area contributed by atoms with Crippen molar-refractivity contribution in [2.24, 2.45) is 0 Å². The molecular weight excluding hydrogens is 312 g/mol. The molecule has 0 saturated heterocycles. The molecule has 1 aliphatic heterocycles. The second kappa shape index (κ2) is 7.92. The first-order valence-corrected chi connectivity index (χ1v) is 8.91. The average Bonchev–Trinajstić information content (AvgIpc) is 2.51. The zero-order valence-corrected chi connectivity index (χ0v) is 15.8. The van der Waals surface area contributed by atoms with Gasteiger partial charge < -0.3 is 14.9 Å². The first kappa shape index (κ1) is 19.3. The standard InChI is InChI=1S/C22H30O3/c1-15(2)19(23)9-8-16(3)7-6-11-22(5)12-10-18-20(24)13-17(4)14-21(18)25-22/h7,10,12-14,19,23-24H,1,6,8-9,11H2,2-5H3/b16-7+. The molecule has 1 heterocycles. The molecule has 0 aliphatic carbocycles. The number of ether oxygens (including phenoxy) is 1. The fourth-order valence-corrected chi connectivity index (χ4v) is 2.99. The van der Waals surface area contributed by atoms with Gasteiger partial charge in [-0.05, 0) is 83.2 Å². The van der Waals surface area contributed by atoms with Crippen LogP contribution in [0.15, 0.2) is 42.0 Å². The number of phenolic OH excluding ortho intramolecular Hbond substituents is 1. The Morgan fingerprint density at radius 3 is 2.76 bits per heavy atom. The molecule has 25 heavy (non-hydrogen) atoms. The smallest absolute Gasteiger partial charge is 0.131 e. The summed E-state index contributed by atoms with van der Waals surface area (Å²) in [5.74, 6) is 1.01. The van der Waals surface area contributed by atoms with Crippen LogP contribution < -0.4 is 4.74 Å². The molecule has 3 nitrogen and oxygen atoms in total. The highest BCUT2D eigenvalue weighted by atomic mass is 16.5. The Kier molecular flexibility index (Phi) is 6.12. The second-order valence-electron chi connectivity index (χ2n) is 7.43. The first-order chi connectivity index (χ1) is 11.7. The summed E-state index contributed by atoms with van der Waals surface area (Å²) in [5.41, 5.74) is 3.46. The minimum Gasteiger partial charge on any atom is -0.507 e. The van der Waals surface area contributed by atoms with Gasteiger partial charge in [-0.1, -0.05) is 23.8 Å². The molecule has 0 fully saturated rings. The number of rotatable bonds is 7. The lowest BCUT2D eigenvalue weighted by Gasteiger charge is -2.32. The Morgan fingerprint density at radius 1 is 1.36 bits per heavy atom. The largest absolute Gasteiger partial charge is 0.507 e. The number of aromatic hydroxyl groups is 1. The predicted octanol–water partition coefficient (Wildman–Crippen LogP) is 5.31. The first-order valence-electron chi connectivity index (χ1n) is 8.91. The molecule has 3 heteroatoms. The highest BCUT2D eigenvalue weighted by Crippen LogP contribution is 2.38. The maximum absolute atomic E-state index is 10.0. The Bertz CT molecular complexity index is 699. The minimum absolute atomic E-state index is 0.264. The van der Waals surface area contributed by atoms with Gasteiger partial charge in [-0.2, -0.15) is 0 Å². The summed E-state index contributed by atoms with van der Waals surface area (Å²) in [5, 5.41) is 19.8. The van der Waals surface area contributed by atoms with Gasteiger partial charge in [-0.3, -0.25) is 0 Å². The molecule has 0 amide bonds.